The van der Waals surface area contributed by atoms with Gasteiger partial charge in [0.25, 0.3) is 0 Å². The number of methoxy groups -OCH3 is 1. The van der Waals surface area contributed by atoms with Gasteiger partial charge in [0.2, 0.25) is 0 Å². The number of fused-ring (bicyclic) bond motifs is 1. The molecule has 4 rings (SSSR count). The summed E-state index contributed by atoms with van der Waals surface area (Å²) >= 11 is 0. The van der Waals surface area contributed by atoms with Crippen molar-refractivity contribution < 1.29 is 14.6 Å². The Bertz CT molecular complexity index is 673. The first kappa shape index (κ1) is 16.8. The van der Waals surface area contributed by atoms with Crippen molar-refractivity contribution in [2.75, 3.05) is 13.7 Å². The number of allylic oxidation sites excluding steroid dienone is 1. The number of piperidine rings is 1. The van der Waals surface area contributed by atoms with E-state index in [1.807, 2.05) is 6.07 Å². The third-order valence-electron chi connectivity index (χ3n) is 6.72. The van der Waals surface area contributed by atoms with Crippen LogP contribution in [-0.2, 0) is 16.1 Å². The van der Waals surface area contributed by atoms with Crippen LogP contribution in [0.4, 0.5) is 0 Å². The molecule has 134 valence electrons. The minimum atomic E-state index is -0.788. The van der Waals surface area contributed by atoms with Gasteiger partial charge < -0.3 is 9.84 Å². The Hall–Kier alpha value is -1.65. The quantitative estimate of drug-likeness (QED) is 0.678. The van der Waals surface area contributed by atoms with Gasteiger partial charge in [0.15, 0.2) is 0 Å². The molecule has 1 spiro atoms. The van der Waals surface area contributed by atoms with Crippen LogP contribution in [-0.4, -0.2) is 41.8 Å². The summed E-state index contributed by atoms with van der Waals surface area (Å²) in [5, 5.41) is 11.3. The molecule has 3 aliphatic rings. The minimum Gasteiger partial charge on any atom is -0.468 e. The smallest absolute Gasteiger partial charge is 0.315 e. The molecule has 1 saturated carbocycles. The number of rotatable bonds is 3. The number of carbonyl (C=O) groups excluding carboxylic acids is 1. The second kappa shape index (κ2) is 6.26. The van der Waals surface area contributed by atoms with Gasteiger partial charge in [0, 0.05) is 24.5 Å². The van der Waals surface area contributed by atoms with Crippen LogP contribution >= 0.6 is 0 Å². The predicted octanol–water partition coefficient (Wildman–Crippen LogP) is 2.91. The summed E-state index contributed by atoms with van der Waals surface area (Å²) in [7, 11) is 1.44. The number of benzene rings is 1. The van der Waals surface area contributed by atoms with Crippen molar-refractivity contribution in [2.24, 2.45) is 10.8 Å². The number of hydrogen-bond donors (Lipinski definition) is 1. The van der Waals surface area contributed by atoms with Crippen molar-refractivity contribution in [3.8, 4) is 0 Å². The lowest BCUT2D eigenvalue weighted by Crippen LogP contribution is -2.71. The Balaban J connectivity index is 1.75. The average Bonchev–Trinajstić information content (AvgIpc) is 2.64. The zero-order valence-electron chi connectivity index (χ0n) is 14.9. The van der Waals surface area contributed by atoms with E-state index in [2.05, 4.69) is 41.3 Å². The zero-order valence-corrected chi connectivity index (χ0v) is 14.9. The van der Waals surface area contributed by atoms with Gasteiger partial charge >= 0.3 is 5.97 Å². The molecule has 4 heteroatoms. The number of likely N-dealkylation sites (tertiary alicyclic amines) is 1. The molecule has 0 aromatic heterocycles. The molecule has 4 atom stereocenters. The van der Waals surface area contributed by atoms with Gasteiger partial charge in [-0.2, -0.15) is 0 Å². The van der Waals surface area contributed by atoms with Gasteiger partial charge in [-0.1, -0.05) is 48.9 Å². The van der Waals surface area contributed by atoms with E-state index in [1.54, 1.807) is 0 Å². The Morgan fingerprint density at radius 3 is 2.84 bits per heavy atom. The normalized spacial score (nSPS) is 37.4. The number of nitrogens with zero attached hydrogens (tertiary/aromatic N) is 1. The Morgan fingerprint density at radius 1 is 1.28 bits per heavy atom. The fraction of sp³-hybridized carbons (Fsp3) is 0.571. The molecule has 0 radical (unpaired) electrons. The summed E-state index contributed by atoms with van der Waals surface area (Å²) in [5.74, 6) is -0.245. The first-order valence-corrected chi connectivity index (χ1v) is 9.33. The van der Waals surface area contributed by atoms with Crippen LogP contribution in [0.1, 0.15) is 37.7 Å². The standard InChI is InChI=1S/C21H27NO3/c1-25-19(24)21-13-7-12-20(18(21)23)11-6-5-10-17(20)22(15-21)14-16-8-3-2-4-9-16/h2-5,8-10,17-18,23H,6-7,11-15H2,1H3/t17?,18-,20+,21+/m0/s1. The summed E-state index contributed by atoms with van der Waals surface area (Å²) in [6.07, 6.45) is 8.47. The van der Waals surface area contributed by atoms with Crippen LogP contribution in [0, 0.1) is 10.8 Å². The van der Waals surface area contributed by atoms with Crippen molar-refractivity contribution in [2.45, 2.75) is 50.8 Å². The summed E-state index contributed by atoms with van der Waals surface area (Å²) in [5.41, 5.74) is 0.226. The molecule has 1 heterocycles. The monoisotopic (exact) mass is 341 g/mol. The largest absolute Gasteiger partial charge is 0.468 e. The predicted molar refractivity (Wildman–Crippen MR) is 95.8 cm³/mol. The third kappa shape index (κ3) is 2.46. The van der Waals surface area contributed by atoms with E-state index >= 15 is 0 Å². The molecule has 1 aliphatic heterocycles. The summed E-state index contributed by atoms with van der Waals surface area (Å²) in [6.45, 7) is 1.36. The fourth-order valence-electron chi connectivity index (χ4n) is 5.61. The van der Waals surface area contributed by atoms with Gasteiger partial charge in [-0.3, -0.25) is 9.69 Å². The van der Waals surface area contributed by atoms with Crippen LogP contribution < -0.4 is 0 Å². The van der Waals surface area contributed by atoms with Crippen LogP contribution in [0.3, 0.4) is 0 Å². The number of carbonyl (C=O) groups is 1. The van der Waals surface area contributed by atoms with Gasteiger partial charge in [-0.25, -0.2) is 0 Å². The molecule has 1 saturated heterocycles. The van der Waals surface area contributed by atoms with Crippen LogP contribution in [0.2, 0.25) is 0 Å². The van der Waals surface area contributed by atoms with E-state index in [0.717, 1.165) is 32.2 Å². The second-order valence-corrected chi connectivity index (χ2v) is 7.94. The number of aliphatic hydroxyl groups excluding tert-OH is 1. The first-order valence-electron chi connectivity index (χ1n) is 9.33. The van der Waals surface area contributed by atoms with E-state index in [0.29, 0.717) is 13.0 Å². The summed E-state index contributed by atoms with van der Waals surface area (Å²) in [6, 6.07) is 10.6. The van der Waals surface area contributed by atoms with Gasteiger partial charge in [0.05, 0.1) is 13.2 Å². The third-order valence-corrected chi connectivity index (χ3v) is 6.72. The lowest BCUT2D eigenvalue weighted by atomic mass is 9.51. The average molecular weight is 341 g/mol. The molecule has 2 bridgehead atoms. The highest BCUT2D eigenvalue weighted by molar-refractivity contribution is 5.78. The van der Waals surface area contributed by atoms with Crippen molar-refractivity contribution in [3.05, 3.63) is 48.0 Å². The zero-order chi connectivity index (χ0) is 17.5. The molecule has 2 fully saturated rings. The summed E-state index contributed by atoms with van der Waals surface area (Å²) < 4.78 is 5.17. The first-order chi connectivity index (χ1) is 12.1. The maximum Gasteiger partial charge on any atom is 0.315 e. The number of ether oxygens (including phenoxy) is 1. The van der Waals surface area contributed by atoms with Gasteiger partial charge in [0.1, 0.15) is 5.41 Å². The fourth-order valence-corrected chi connectivity index (χ4v) is 5.61. The lowest BCUT2D eigenvalue weighted by molar-refractivity contribution is -0.211. The van der Waals surface area contributed by atoms with Gasteiger partial charge in [-0.15, -0.1) is 0 Å². The molecule has 1 aromatic carbocycles. The minimum absolute atomic E-state index is 0.189. The number of hydrogen-bond acceptors (Lipinski definition) is 4. The second-order valence-electron chi connectivity index (χ2n) is 7.94. The SMILES string of the molecule is COC(=O)[C@]12CCC[C@@]3(CCC=CC3N(Cc3ccccc3)C1)[C@@H]2O. The van der Waals surface area contributed by atoms with E-state index in [9.17, 15) is 9.90 Å². The van der Waals surface area contributed by atoms with E-state index in [4.69, 9.17) is 4.74 Å². The molecule has 4 nitrogen and oxygen atoms in total. The highest BCUT2D eigenvalue weighted by Gasteiger charge is 2.65. The molecule has 1 N–H and O–H groups in total. The highest BCUT2D eigenvalue weighted by atomic mass is 16.5. The molecular weight excluding hydrogens is 314 g/mol. The maximum absolute atomic E-state index is 12.8. The van der Waals surface area contributed by atoms with E-state index in [1.165, 1.54) is 12.7 Å². The van der Waals surface area contributed by atoms with Gasteiger partial charge in [-0.05, 0) is 31.2 Å². The van der Waals surface area contributed by atoms with Crippen molar-refractivity contribution in [3.63, 3.8) is 0 Å². The molecule has 1 aromatic rings. The molecule has 0 amide bonds. The van der Waals surface area contributed by atoms with E-state index in [-0.39, 0.29) is 17.4 Å². The highest BCUT2D eigenvalue weighted by Crippen LogP contribution is 2.58. The maximum atomic E-state index is 12.8. The topological polar surface area (TPSA) is 49.8 Å². The van der Waals surface area contributed by atoms with E-state index < -0.39 is 11.5 Å². The number of aliphatic hydroxyl groups is 1. The van der Waals surface area contributed by atoms with Crippen LogP contribution in [0.5, 0.6) is 0 Å². The molecule has 25 heavy (non-hydrogen) atoms. The van der Waals surface area contributed by atoms with Crippen LogP contribution in [0.15, 0.2) is 42.5 Å². The Morgan fingerprint density at radius 2 is 2.08 bits per heavy atom. The summed E-state index contributed by atoms with van der Waals surface area (Å²) in [4.78, 5) is 15.1. The Labute approximate surface area is 149 Å². The van der Waals surface area contributed by atoms with Crippen molar-refractivity contribution in [1.82, 2.24) is 4.90 Å². The lowest BCUT2D eigenvalue weighted by Gasteiger charge is -2.62. The van der Waals surface area contributed by atoms with Crippen molar-refractivity contribution in [1.29, 1.82) is 0 Å². The Kier molecular flexibility index (Phi) is 4.20. The number of esters is 1. The molecular formula is C21H27NO3. The molecule has 1 unspecified atom stereocenters. The van der Waals surface area contributed by atoms with Crippen LogP contribution in [0.25, 0.3) is 0 Å². The van der Waals surface area contributed by atoms with Crippen molar-refractivity contribution >= 4 is 5.97 Å². The molecule has 2 aliphatic carbocycles.